The van der Waals surface area contributed by atoms with Crippen LogP contribution >= 0.6 is 0 Å². The van der Waals surface area contributed by atoms with Gasteiger partial charge in [0.05, 0.1) is 11.4 Å². The molecule has 96 valence electrons. The molecule has 0 saturated carbocycles. The van der Waals surface area contributed by atoms with E-state index in [1.807, 2.05) is 18.3 Å². The number of sulfonamides is 1. The highest BCUT2D eigenvalue weighted by molar-refractivity contribution is 7.89. The lowest BCUT2D eigenvalue weighted by Crippen LogP contribution is -2.18. The number of hydrogen-bond acceptors (Lipinski definition) is 3. The fraction of sp³-hybridized carbons (Fsp3) is 0.167. The molecular formula is C12H15N3O2S. The highest BCUT2D eigenvalue weighted by atomic mass is 32.2. The van der Waals surface area contributed by atoms with Crippen LogP contribution in [0.15, 0.2) is 47.5 Å². The number of H-pyrrole nitrogens is 1. The Morgan fingerprint density at radius 2 is 1.89 bits per heavy atom. The maximum atomic E-state index is 11.5. The van der Waals surface area contributed by atoms with Gasteiger partial charge in [-0.3, -0.25) is 0 Å². The largest absolute Gasteiger partial charge is 0.379 e. The van der Waals surface area contributed by atoms with Crippen molar-refractivity contribution in [2.24, 2.45) is 0 Å². The molecule has 0 bridgehead atoms. The van der Waals surface area contributed by atoms with Crippen LogP contribution in [0.3, 0.4) is 0 Å². The molecular weight excluding hydrogens is 250 g/mol. The first-order chi connectivity index (χ1) is 8.62. The van der Waals surface area contributed by atoms with E-state index < -0.39 is 10.0 Å². The number of aromatic nitrogens is 1. The molecule has 1 aromatic heterocycles. The van der Waals surface area contributed by atoms with Gasteiger partial charge in [0.1, 0.15) is 0 Å². The first-order valence-corrected chi connectivity index (χ1v) is 7.00. The molecule has 0 amide bonds. The number of benzene rings is 1. The van der Waals surface area contributed by atoms with Gasteiger partial charge in [0, 0.05) is 17.6 Å². The van der Waals surface area contributed by atoms with Crippen LogP contribution in [0.5, 0.6) is 0 Å². The number of nitrogens with one attached hydrogen (secondary N) is 3. The van der Waals surface area contributed by atoms with Gasteiger partial charge in [-0.15, -0.1) is 0 Å². The Balaban J connectivity index is 2.04. The zero-order chi connectivity index (χ0) is 13.0. The number of rotatable bonds is 5. The minimum Gasteiger partial charge on any atom is -0.379 e. The van der Waals surface area contributed by atoms with E-state index >= 15 is 0 Å². The van der Waals surface area contributed by atoms with E-state index in [1.165, 1.54) is 7.05 Å². The van der Waals surface area contributed by atoms with E-state index in [9.17, 15) is 8.42 Å². The SMILES string of the molecule is CNS(=O)(=O)c1ccc(NCc2ccc[nH]2)cc1. The fourth-order valence-electron chi connectivity index (χ4n) is 1.54. The van der Waals surface area contributed by atoms with Crippen molar-refractivity contribution >= 4 is 15.7 Å². The lowest BCUT2D eigenvalue weighted by Gasteiger charge is -2.07. The van der Waals surface area contributed by atoms with Gasteiger partial charge in [-0.05, 0) is 43.4 Å². The Bertz CT molecular complexity index is 589. The van der Waals surface area contributed by atoms with Gasteiger partial charge < -0.3 is 10.3 Å². The first-order valence-electron chi connectivity index (χ1n) is 5.51. The van der Waals surface area contributed by atoms with E-state index in [-0.39, 0.29) is 4.90 Å². The quantitative estimate of drug-likeness (QED) is 0.767. The van der Waals surface area contributed by atoms with Gasteiger partial charge in [0.25, 0.3) is 0 Å². The van der Waals surface area contributed by atoms with Crippen LogP contribution in [-0.2, 0) is 16.6 Å². The van der Waals surface area contributed by atoms with Gasteiger partial charge in [-0.25, -0.2) is 13.1 Å². The number of anilines is 1. The van der Waals surface area contributed by atoms with Crippen LogP contribution in [0.1, 0.15) is 5.69 Å². The molecule has 2 aromatic rings. The molecule has 0 atom stereocenters. The topological polar surface area (TPSA) is 74.0 Å². The Hall–Kier alpha value is -1.79. The third kappa shape index (κ3) is 2.91. The normalized spacial score (nSPS) is 11.4. The molecule has 0 aliphatic heterocycles. The molecule has 0 radical (unpaired) electrons. The van der Waals surface area contributed by atoms with E-state index in [1.54, 1.807) is 24.3 Å². The third-order valence-corrected chi connectivity index (χ3v) is 4.01. The Morgan fingerprint density at radius 1 is 1.17 bits per heavy atom. The zero-order valence-electron chi connectivity index (χ0n) is 9.97. The van der Waals surface area contributed by atoms with Crippen LogP contribution in [0.25, 0.3) is 0 Å². The molecule has 2 rings (SSSR count). The van der Waals surface area contributed by atoms with Crippen molar-refractivity contribution in [2.75, 3.05) is 12.4 Å². The predicted octanol–water partition coefficient (Wildman–Crippen LogP) is 1.53. The highest BCUT2D eigenvalue weighted by Crippen LogP contribution is 2.14. The standard InChI is InChI=1S/C12H15N3O2S/c1-13-18(16,17)12-6-4-10(5-7-12)15-9-11-3-2-8-14-11/h2-8,13-15H,9H2,1H3. The van der Waals surface area contributed by atoms with Gasteiger partial charge in [-0.2, -0.15) is 0 Å². The van der Waals surface area contributed by atoms with Gasteiger partial charge in [-0.1, -0.05) is 0 Å². The molecule has 0 saturated heterocycles. The second-order valence-electron chi connectivity index (χ2n) is 3.78. The fourth-order valence-corrected chi connectivity index (χ4v) is 2.27. The van der Waals surface area contributed by atoms with Crippen molar-refractivity contribution in [3.63, 3.8) is 0 Å². The van der Waals surface area contributed by atoms with E-state index in [0.717, 1.165) is 11.4 Å². The average Bonchev–Trinajstić information content (AvgIpc) is 2.90. The molecule has 3 N–H and O–H groups in total. The van der Waals surface area contributed by atoms with E-state index in [0.29, 0.717) is 6.54 Å². The molecule has 0 aliphatic carbocycles. The van der Waals surface area contributed by atoms with Crippen LogP contribution in [0.2, 0.25) is 0 Å². The minimum absolute atomic E-state index is 0.260. The maximum Gasteiger partial charge on any atom is 0.240 e. The second kappa shape index (κ2) is 5.24. The number of aromatic amines is 1. The summed E-state index contributed by atoms with van der Waals surface area (Å²) in [6, 6.07) is 10.5. The molecule has 5 nitrogen and oxygen atoms in total. The van der Waals surface area contributed by atoms with Crippen molar-refractivity contribution in [3.05, 3.63) is 48.3 Å². The lowest BCUT2D eigenvalue weighted by atomic mass is 10.3. The summed E-state index contributed by atoms with van der Waals surface area (Å²) < 4.78 is 25.3. The van der Waals surface area contributed by atoms with Crippen LogP contribution < -0.4 is 10.0 Å². The van der Waals surface area contributed by atoms with E-state index in [4.69, 9.17) is 0 Å². The maximum absolute atomic E-state index is 11.5. The summed E-state index contributed by atoms with van der Waals surface area (Å²) in [5, 5.41) is 3.20. The van der Waals surface area contributed by atoms with Gasteiger partial charge in [0.2, 0.25) is 10.0 Å². The summed E-state index contributed by atoms with van der Waals surface area (Å²) in [6.45, 7) is 0.672. The van der Waals surface area contributed by atoms with Crippen molar-refractivity contribution in [3.8, 4) is 0 Å². The molecule has 0 aliphatic rings. The van der Waals surface area contributed by atoms with E-state index in [2.05, 4.69) is 15.0 Å². The Labute approximate surface area is 106 Å². The molecule has 6 heteroatoms. The molecule has 1 aromatic carbocycles. The summed E-state index contributed by atoms with van der Waals surface area (Å²) >= 11 is 0. The Morgan fingerprint density at radius 3 is 2.44 bits per heavy atom. The summed E-state index contributed by atoms with van der Waals surface area (Å²) in [5.41, 5.74) is 1.95. The molecule has 18 heavy (non-hydrogen) atoms. The van der Waals surface area contributed by atoms with Crippen molar-refractivity contribution in [1.29, 1.82) is 0 Å². The van der Waals surface area contributed by atoms with Crippen molar-refractivity contribution < 1.29 is 8.42 Å². The summed E-state index contributed by atoms with van der Waals surface area (Å²) in [6.07, 6.45) is 1.86. The van der Waals surface area contributed by atoms with Crippen LogP contribution in [-0.4, -0.2) is 20.4 Å². The monoisotopic (exact) mass is 265 g/mol. The van der Waals surface area contributed by atoms with Crippen molar-refractivity contribution in [1.82, 2.24) is 9.71 Å². The first kappa shape index (κ1) is 12.7. The summed E-state index contributed by atoms with van der Waals surface area (Å²) in [5.74, 6) is 0. The molecule has 0 fully saturated rings. The molecule has 0 unspecified atom stereocenters. The second-order valence-corrected chi connectivity index (χ2v) is 5.67. The molecule has 0 spiro atoms. The Kier molecular flexibility index (Phi) is 3.69. The van der Waals surface area contributed by atoms with Crippen LogP contribution in [0, 0.1) is 0 Å². The van der Waals surface area contributed by atoms with Crippen LogP contribution in [0.4, 0.5) is 5.69 Å². The smallest absolute Gasteiger partial charge is 0.240 e. The highest BCUT2D eigenvalue weighted by Gasteiger charge is 2.10. The van der Waals surface area contributed by atoms with Gasteiger partial charge >= 0.3 is 0 Å². The zero-order valence-corrected chi connectivity index (χ0v) is 10.8. The summed E-state index contributed by atoms with van der Waals surface area (Å²) in [4.78, 5) is 3.34. The average molecular weight is 265 g/mol. The van der Waals surface area contributed by atoms with Gasteiger partial charge in [0.15, 0.2) is 0 Å². The molecule has 1 heterocycles. The number of hydrogen-bond donors (Lipinski definition) is 3. The summed E-state index contributed by atoms with van der Waals surface area (Å²) in [7, 11) is -1.96. The lowest BCUT2D eigenvalue weighted by molar-refractivity contribution is 0.588. The minimum atomic E-state index is -3.36. The predicted molar refractivity (Wildman–Crippen MR) is 70.8 cm³/mol. The van der Waals surface area contributed by atoms with Crippen molar-refractivity contribution in [2.45, 2.75) is 11.4 Å². The third-order valence-electron chi connectivity index (χ3n) is 2.58.